The minimum Gasteiger partial charge on any atom is -0.476 e. The highest BCUT2D eigenvalue weighted by Gasteiger charge is 2.37. The molecule has 7 nitrogen and oxygen atoms in total. The summed E-state index contributed by atoms with van der Waals surface area (Å²) >= 11 is 1.80. The fourth-order valence-electron chi connectivity index (χ4n) is 2.07. The molecule has 19 heavy (non-hydrogen) atoms. The molecule has 1 aromatic rings. The maximum Gasteiger partial charge on any atom is 0.372 e. The predicted molar refractivity (Wildman–Crippen MR) is 73.8 cm³/mol. The largest absolute Gasteiger partial charge is 0.476 e. The first kappa shape index (κ1) is 13.9. The number of ether oxygens (including phenoxy) is 1. The second-order valence-corrected chi connectivity index (χ2v) is 5.71. The number of hydrogen-bond acceptors (Lipinski definition) is 7. The van der Waals surface area contributed by atoms with E-state index in [9.17, 15) is 10.1 Å². The average molecular weight is 284 g/mol. The third-order valence-electron chi connectivity index (χ3n) is 3.44. The van der Waals surface area contributed by atoms with Crippen LogP contribution in [0.2, 0.25) is 0 Å². The van der Waals surface area contributed by atoms with E-state index in [0.717, 1.165) is 12.8 Å². The van der Waals surface area contributed by atoms with Gasteiger partial charge in [-0.2, -0.15) is 16.7 Å². The summed E-state index contributed by atoms with van der Waals surface area (Å²) in [7, 11) is 1.36. The van der Waals surface area contributed by atoms with Crippen molar-refractivity contribution in [3.05, 3.63) is 16.4 Å². The molecule has 1 fully saturated rings. The first-order valence-electron chi connectivity index (χ1n) is 5.94. The highest BCUT2D eigenvalue weighted by Crippen LogP contribution is 2.43. The highest BCUT2D eigenvalue weighted by molar-refractivity contribution is 8.00. The summed E-state index contributed by atoms with van der Waals surface area (Å²) in [4.78, 5) is 18.3. The summed E-state index contributed by atoms with van der Waals surface area (Å²) in [6, 6.07) is 0. The fourth-order valence-corrected chi connectivity index (χ4v) is 2.99. The molecule has 1 N–H and O–H groups in total. The van der Waals surface area contributed by atoms with Crippen molar-refractivity contribution in [3.8, 4) is 5.88 Å². The van der Waals surface area contributed by atoms with Crippen LogP contribution in [0.1, 0.15) is 19.3 Å². The lowest BCUT2D eigenvalue weighted by Gasteiger charge is -2.40. The molecule has 0 spiro atoms. The molecule has 0 bridgehead atoms. The maximum absolute atomic E-state index is 11.1. The Morgan fingerprint density at radius 3 is 2.79 bits per heavy atom. The molecule has 0 radical (unpaired) electrons. The maximum atomic E-state index is 11.1. The van der Waals surface area contributed by atoms with Crippen LogP contribution < -0.4 is 10.1 Å². The van der Waals surface area contributed by atoms with Gasteiger partial charge in [0.25, 0.3) is 5.88 Å². The molecular formula is C11H16N4O3S. The number of anilines is 1. The molecule has 0 atom stereocenters. The van der Waals surface area contributed by atoms with E-state index in [4.69, 9.17) is 4.74 Å². The van der Waals surface area contributed by atoms with Crippen molar-refractivity contribution in [2.24, 2.45) is 0 Å². The Morgan fingerprint density at radius 2 is 2.32 bits per heavy atom. The van der Waals surface area contributed by atoms with Crippen molar-refractivity contribution >= 4 is 23.3 Å². The predicted octanol–water partition coefficient (Wildman–Crippen LogP) is 2.09. The molecule has 0 aromatic carbocycles. The van der Waals surface area contributed by atoms with E-state index < -0.39 is 4.92 Å². The lowest BCUT2D eigenvalue weighted by molar-refractivity contribution is -0.385. The van der Waals surface area contributed by atoms with Crippen LogP contribution in [0, 0.1) is 10.1 Å². The topological polar surface area (TPSA) is 90.2 Å². The molecule has 2 rings (SSSR count). The molecule has 1 aromatic heterocycles. The lowest BCUT2D eigenvalue weighted by Crippen LogP contribution is -2.40. The zero-order chi connectivity index (χ0) is 13.9. The zero-order valence-corrected chi connectivity index (χ0v) is 11.7. The Labute approximate surface area is 115 Å². The summed E-state index contributed by atoms with van der Waals surface area (Å²) < 4.78 is 5.08. The van der Waals surface area contributed by atoms with Gasteiger partial charge in [-0.1, -0.05) is 6.42 Å². The molecule has 1 aliphatic rings. The van der Waals surface area contributed by atoms with E-state index in [-0.39, 0.29) is 22.1 Å². The number of nitrogens with one attached hydrogen (secondary N) is 1. The van der Waals surface area contributed by atoms with Gasteiger partial charge in [0.2, 0.25) is 5.82 Å². The Bertz CT molecular complexity index is 473. The van der Waals surface area contributed by atoms with Gasteiger partial charge in [-0.3, -0.25) is 10.1 Å². The number of nitrogens with zero attached hydrogens (tertiary/aromatic N) is 3. The van der Waals surface area contributed by atoms with E-state index in [1.54, 1.807) is 11.8 Å². The molecule has 0 unspecified atom stereocenters. The third-order valence-corrected chi connectivity index (χ3v) is 4.86. The summed E-state index contributed by atoms with van der Waals surface area (Å²) in [6.45, 7) is 0.662. The Hall–Kier alpha value is -1.57. The minimum absolute atomic E-state index is 0.0192. The standard InChI is InChI=1S/C11H16N4O3S/c1-18-10-8(15(16)17)9(13-7-14-10)12-6-11(19-2)4-3-5-11/h7H,3-6H2,1-2H3,(H,12,13,14). The first-order chi connectivity index (χ1) is 9.12. The number of rotatable bonds is 6. The molecule has 8 heteroatoms. The second-order valence-electron chi connectivity index (χ2n) is 4.43. The lowest BCUT2D eigenvalue weighted by atomic mass is 9.84. The van der Waals surface area contributed by atoms with Crippen molar-refractivity contribution in [1.82, 2.24) is 9.97 Å². The van der Waals surface area contributed by atoms with E-state index in [1.807, 2.05) is 0 Å². The van der Waals surface area contributed by atoms with Gasteiger partial charge in [0.15, 0.2) is 0 Å². The Kier molecular flexibility index (Phi) is 4.08. The summed E-state index contributed by atoms with van der Waals surface area (Å²) in [6.07, 6.45) is 6.78. The van der Waals surface area contributed by atoms with Crippen LogP contribution in [0.4, 0.5) is 11.5 Å². The number of thioether (sulfide) groups is 1. The number of aromatic nitrogens is 2. The molecule has 0 aliphatic heterocycles. The quantitative estimate of drug-likeness (QED) is 0.631. The Morgan fingerprint density at radius 1 is 1.58 bits per heavy atom. The van der Waals surface area contributed by atoms with Crippen LogP contribution in [-0.2, 0) is 0 Å². The van der Waals surface area contributed by atoms with Crippen molar-refractivity contribution in [3.63, 3.8) is 0 Å². The van der Waals surface area contributed by atoms with Crippen molar-refractivity contribution in [1.29, 1.82) is 0 Å². The fraction of sp³-hybridized carbons (Fsp3) is 0.636. The van der Waals surface area contributed by atoms with Crippen LogP contribution >= 0.6 is 11.8 Å². The average Bonchev–Trinajstić information content (AvgIpc) is 2.37. The van der Waals surface area contributed by atoms with Gasteiger partial charge in [-0.05, 0) is 19.1 Å². The molecule has 104 valence electrons. The minimum atomic E-state index is -0.520. The van der Waals surface area contributed by atoms with Crippen LogP contribution in [0.25, 0.3) is 0 Å². The third kappa shape index (κ3) is 2.73. The molecule has 1 saturated carbocycles. The SMILES string of the molecule is COc1ncnc(NCC2(SC)CCC2)c1[N+](=O)[O-]. The Balaban J connectivity index is 2.18. The highest BCUT2D eigenvalue weighted by atomic mass is 32.2. The van der Waals surface area contributed by atoms with Crippen LogP contribution in [0.3, 0.4) is 0 Å². The van der Waals surface area contributed by atoms with E-state index >= 15 is 0 Å². The van der Waals surface area contributed by atoms with Gasteiger partial charge >= 0.3 is 5.69 Å². The summed E-state index contributed by atoms with van der Waals surface area (Å²) in [5, 5.41) is 14.1. The molecule has 1 heterocycles. The number of hydrogen-bond donors (Lipinski definition) is 1. The van der Waals surface area contributed by atoms with Gasteiger partial charge < -0.3 is 10.1 Å². The molecular weight excluding hydrogens is 268 g/mol. The van der Waals surface area contributed by atoms with Gasteiger partial charge in [0.05, 0.1) is 12.0 Å². The van der Waals surface area contributed by atoms with Crippen molar-refractivity contribution in [2.75, 3.05) is 25.2 Å². The van der Waals surface area contributed by atoms with Gasteiger partial charge in [-0.15, -0.1) is 0 Å². The normalized spacial score (nSPS) is 16.5. The first-order valence-corrected chi connectivity index (χ1v) is 7.17. The van der Waals surface area contributed by atoms with Crippen molar-refractivity contribution in [2.45, 2.75) is 24.0 Å². The monoisotopic (exact) mass is 284 g/mol. The summed E-state index contributed by atoms with van der Waals surface area (Å²) in [5.41, 5.74) is -0.208. The second kappa shape index (κ2) is 5.60. The van der Waals surface area contributed by atoms with Crippen LogP contribution in [0.15, 0.2) is 6.33 Å². The van der Waals surface area contributed by atoms with Crippen LogP contribution in [0.5, 0.6) is 5.88 Å². The molecule has 0 amide bonds. The van der Waals surface area contributed by atoms with Gasteiger partial charge in [-0.25, -0.2) is 4.98 Å². The van der Waals surface area contributed by atoms with Crippen molar-refractivity contribution < 1.29 is 9.66 Å². The molecule has 0 saturated heterocycles. The van der Waals surface area contributed by atoms with Crippen LogP contribution in [-0.4, -0.2) is 39.5 Å². The number of nitro groups is 1. The van der Waals surface area contributed by atoms with Gasteiger partial charge in [0, 0.05) is 11.3 Å². The molecule has 1 aliphatic carbocycles. The summed E-state index contributed by atoms with van der Waals surface area (Å²) in [5.74, 6) is 0.200. The van der Waals surface area contributed by atoms with E-state index in [2.05, 4.69) is 21.5 Å². The number of methoxy groups -OCH3 is 1. The van der Waals surface area contributed by atoms with Gasteiger partial charge in [0.1, 0.15) is 6.33 Å². The van der Waals surface area contributed by atoms with E-state index in [0.29, 0.717) is 6.54 Å². The zero-order valence-electron chi connectivity index (χ0n) is 10.9. The smallest absolute Gasteiger partial charge is 0.372 e. The van der Waals surface area contributed by atoms with E-state index in [1.165, 1.54) is 19.9 Å².